The van der Waals surface area contributed by atoms with E-state index in [0.717, 1.165) is 5.69 Å². The molecular formula is C12H20N4O2. The molecule has 1 heterocycles. The number of ether oxygens (including phenoxy) is 1. The van der Waals surface area contributed by atoms with Gasteiger partial charge in [-0.15, -0.1) is 0 Å². The molecule has 5 N–H and O–H groups in total. The van der Waals surface area contributed by atoms with Crippen molar-refractivity contribution in [1.29, 1.82) is 5.41 Å². The van der Waals surface area contributed by atoms with Crippen molar-refractivity contribution in [2.75, 3.05) is 6.54 Å². The highest BCUT2D eigenvalue weighted by molar-refractivity contribution is 5.93. The van der Waals surface area contributed by atoms with Crippen LogP contribution >= 0.6 is 0 Å². The molecule has 1 aromatic rings. The molecule has 0 unspecified atom stereocenters. The lowest BCUT2D eigenvalue weighted by Crippen LogP contribution is -2.33. The van der Waals surface area contributed by atoms with E-state index in [-0.39, 0.29) is 5.84 Å². The van der Waals surface area contributed by atoms with E-state index in [1.54, 1.807) is 6.07 Å². The molecule has 0 spiro atoms. The van der Waals surface area contributed by atoms with Gasteiger partial charge in [0, 0.05) is 18.7 Å². The second-order valence-electron chi connectivity index (χ2n) is 4.99. The van der Waals surface area contributed by atoms with E-state index >= 15 is 0 Å². The van der Waals surface area contributed by atoms with Crippen LogP contribution in [0.15, 0.2) is 12.1 Å². The first kappa shape index (κ1) is 14.1. The molecule has 0 bridgehead atoms. The summed E-state index contributed by atoms with van der Waals surface area (Å²) in [5, 5.41) is 9.91. The largest absolute Gasteiger partial charge is 0.444 e. The van der Waals surface area contributed by atoms with Crippen LogP contribution in [0.4, 0.5) is 4.79 Å². The van der Waals surface area contributed by atoms with E-state index in [4.69, 9.17) is 15.9 Å². The van der Waals surface area contributed by atoms with E-state index in [2.05, 4.69) is 10.3 Å². The Kier molecular flexibility index (Phi) is 4.36. The van der Waals surface area contributed by atoms with Gasteiger partial charge in [0.2, 0.25) is 0 Å². The third-order valence-electron chi connectivity index (χ3n) is 2.10. The van der Waals surface area contributed by atoms with Gasteiger partial charge in [0.1, 0.15) is 11.4 Å². The van der Waals surface area contributed by atoms with Crippen molar-refractivity contribution in [2.45, 2.75) is 32.8 Å². The molecule has 1 aromatic heterocycles. The Hall–Kier alpha value is -1.98. The van der Waals surface area contributed by atoms with Gasteiger partial charge in [0.25, 0.3) is 0 Å². The van der Waals surface area contributed by atoms with E-state index in [0.29, 0.717) is 18.7 Å². The molecule has 1 rings (SSSR count). The van der Waals surface area contributed by atoms with E-state index in [1.165, 1.54) is 0 Å². The minimum atomic E-state index is -0.488. The fourth-order valence-corrected chi connectivity index (χ4v) is 1.36. The summed E-state index contributed by atoms with van der Waals surface area (Å²) in [6, 6.07) is 3.58. The van der Waals surface area contributed by atoms with Gasteiger partial charge in [-0.2, -0.15) is 0 Å². The zero-order chi connectivity index (χ0) is 13.8. The van der Waals surface area contributed by atoms with Crippen molar-refractivity contribution in [3.63, 3.8) is 0 Å². The Bertz CT molecular complexity index is 432. The number of hydrogen-bond donors (Lipinski definition) is 4. The van der Waals surface area contributed by atoms with Crippen molar-refractivity contribution in [3.05, 3.63) is 23.5 Å². The zero-order valence-electron chi connectivity index (χ0n) is 11.0. The highest BCUT2D eigenvalue weighted by Gasteiger charge is 2.15. The standard InChI is InChI=1S/C12H20N4O2/c1-12(2,3)18-11(17)15-7-6-8-4-5-9(16-8)10(13)14/h4-5,16H,6-7H2,1-3H3,(H3,13,14)(H,15,17). The van der Waals surface area contributed by atoms with Crippen molar-refractivity contribution in [1.82, 2.24) is 10.3 Å². The van der Waals surface area contributed by atoms with Crippen LogP contribution in [0.3, 0.4) is 0 Å². The first-order chi connectivity index (χ1) is 8.28. The summed E-state index contributed by atoms with van der Waals surface area (Å²) in [5.74, 6) is 0.00125. The average molecular weight is 252 g/mol. The number of hydrogen-bond acceptors (Lipinski definition) is 3. The van der Waals surface area contributed by atoms with Gasteiger partial charge in [0.05, 0.1) is 5.69 Å². The van der Waals surface area contributed by atoms with Gasteiger partial charge in [0.15, 0.2) is 0 Å². The van der Waals surface area contributed by atoms with Crippen LogP contribution in [0.5, 0.6) is 0 Å². The number of amidine groups is 1. The molecule has 0 aromatic carbocycles. The van der Waals surface area contributed by atoms with Gasteiger partial charge in [-0.25, -0.2) is 4.79 Å². The fourth-order valence-electron chi connectivity index (χ4n) is 1.36. The number of alkyl carbamates (subject to hydrolysis) is 1. The Morgan fingerprint density at radius 2 is 2.17 bits per heavy atom. The Morgan fingerprint density at radius 1 is 1.50 bits per heavy atom. The number of rotatable bonds is 4. The highest BCUT2D eigenvalue weighted by atomic mass is 16.6. The zero-order valence-corrected chi connectivity index (χ0v) is 11.0. The van der Waals surface area contributed by atoms with Crippen LogP contribution in [0.1, 0.15) is 32.2 Å². The number of aromatic nitrogens is 1. The maximum atomic E-state index is 11.4. The molecule has 0 aliphatic carbocycles. The number of nitrogens with one attached hydrogen (secondary N) is 3. The number of H-pyrrole nitrogens is 1. The maximum absolute atomic E-state index is 11.4. The van der Waals surface area contributed by atoms with Crippen LogP contribution in [-0.2, 0) is 11.2 Å². The molecule has 100 valence electrons. The highest BCUT2D eigenvalue weighted by Crippen LogP contribution is 2.06. The molecule has 0 radical (unpaired) electrons. The third-order valence-corrected chi connectivity index (χ3v) is 2.10. The van der Waals surface area contributed by atoms with E-state index in [9.17, 15) is 4.79 Å². The van der Waals surface area contributed by atoms with Crippen molar-refractivity contribution in [3.8, 4) is 0 Å². The van der Waals surface area contributed by atoms with E-state index < -0.39 is 11.7 Å². The summed E-state index contributed by atoms with van der Waals surface area (Å²) in [4.78, 5) is 14.4. The molecule has 0 atom stereocenters. The molecule has 0 saturated carbocycles. The summed E-state index contributed by atoms with van der Waals surface area (Å²) in [6.07, 6.45) is 0.202. The van der Waals surface area contributed by atoms with Crippen molar-refractivity contribution in [2.24, 2.45) is 5.73 Å². The predicted molar refractivity (Wildman–Crippen MR) is 69.7 cm³/mol. The number of nitrogen functional groups attached to an aromatic ring is 1. The van der Waals surface area contributed by atoms with Crippen LogP contribution < -0.4 is 11.1 Å². The lowest BCUT2D eigenvalue weighted by atomic mass is 10.2. The van der Waals surface area contributed by atoms with Gasteiger partial charge in [-0.05, 0) is 32.9 Å². The first-order valence-electron chi connectivity index (χ1n) is 5.77. The van der Waals surface area contributed by atoms with Gasteiger partial charge < -0.3 is 20.8 Å². The maximum Gasteiger partial charge on any atom is 0.407 e. The van der Waals surface area contributed by atoms with E-state index in [1.807, 2.05) is 26.8 Å². The lowest BCUT2D eigenvalue weighted by Gasteiger charge is -2.19. The molecule has 18 heavy (non-hydrogen) atoms. The Morgan fingerprint density at radius 3 is 2.67 bits per heavy atom. The predicted octanol–water partition coefficient (Wildman–Crippen LogP) is 1.37. The van der Waals surface area contributed by atoms with Crippen LogP contribution in [-0.4, -0.2) is 29.1 Å². The average Bonchev–Trinajstić information content (AvgIpc) is 2.63. The molecular weight excluding hydrogens is 232 g/mol. The number of aromatic amines is 1. The molecule has 0 aliphatic rings. The molecule has 6 nitrogen and oxygen atoms in total. The number of carbonyl (C=O) groups is 1. The molecule has 6 heteroatoms. The molecule has 1 amide bonds. The normalized spacial score (nSPS) is 11.1. The molecule has 0 fully saturated rings. The minimum absolute atomic E-state index is 0.00125. The van der Waals surface area contributed by atoms with Crippen LogP contribution in [0, 0.1) is 5.41 Å². The van der Waals surface area contributed by atoms with Crippen LogP contribution in [0.2, 0.25) is 0 Å². The second kappa shape index (κ2) is 5.57. The number of amides is 1. The summed E-state index contributed by atoms with van der Waals surface area (Å²) < 4.78 is 5.10. The Balaban J connectivity index is 2.33. The Labute approximate surface area is 106 Å². The minimum Gasteiger partial charge on any atom is -0.444 e. The summed E-state index contributed by atoms with van der Waals surface area (Å²) >= 11 is 0. The summed E-state index contributed by atoms with van der Waals surface area (Å²) in [7, 11) is 0. The molecule has 0 saturated heterocycles. The summed E-state index contributed by atoms with van der Waals surface area (Å²) in [5.41, 5.74) is 6.35. The SMILES string of the molecule is CC(C)(C)OC(=O)NCCc1ccc(C(=N)N)[nH]1. The smallest absolute Gasteiger partial charge is 0.407 e. The topological polar surface area (TPSA) is 104 Å². The van der Waals surface area contributed by atoms with Crippen molar-refractivity contribution >= 4 is 11.9 Å². The van der Waals surface area contributed by atoms with Crippen molar-refractivity contribution < 1.29 is 9.53 Å². The number of carbonyl (C=O) groups excluding carboxylic acids is 1. The number of nitrogens with two attached hydrogens (primary N) is 1. The van der Waals surface area contributed by atoms with Gasteiger partial charge in [-0.3, -0.25) is 5.41 Å². The lowest BCUT2D eigenvalue weighted by molar-refractivity contribution is 0.0528. The fraction of sp³-hybridized carbons (Fsp3) is 0.500. The second-order valence-corrected chi connectivity index (χ2v) is 4.99. The third kappa shape index (κ3) is 4.90. The van der Waals surface area contributed by atoms with Crippen LogP contribution in [0.25, 0.3) is 0 Å². The molecule has 0 aliphatic heterocycles. The monoisotopic (exact) mass is 252 g/mol. The first-order valence-corrected chi connectivity index (χ1v) is 5.77. The van der Waals surface area contributed by atoms with Gasteiger partial charge >= 0.3 is 6.09 Å². The quantitative estimate of drug-likeness (QED) is 0.480. The van der Waals surface area contributed by atoms with Gasteiger partial charge in [-0.1, -0.05) is 0 Å². The summed E-state index contributed by atoms with van der Waals surface area (Å²) in [6.45, 7) is 5.91.